The van der Waals surface area contributed by atoms with E-state index in [9.17, 15) is 0 Å². The molecule has 0 rings (SSSR count). The normalized spacial score (nSPS) is 11.1. The van der Waals surface area contributed by atoms with E-state index < -0.39 is 0 Å². The maximum atomic E-state index is 4.90. The zero-order valence-electron chi connectivity index (χ0n) is 13.1. The largest absolute Gasteiger partial charge is 0.206 e. The Morgan fingerprint density at radius 3 is 1.47 bits per heavy atom. The predicted molar refractivity (Wildman–Crippen MR) is 79.7 cm³/mol. The number of hydrogen-bond acceptors (Lipinski definition) is 3. The van der Waals surface area contributed by atoms with E-state index in [1.165, 1.54) is 64.2 Å². The molecular formula is C16H34O3. The summed E-state index contributed by atoms with van der Waals surface area (Å²) in [6.07, 6.45) is 15.7. The van der Waals surface area contributed by atoms with E-state index in [0.717, 1.165) is 12.8 Å². The van der Waals surface area contributed by atoms with E-state index >= 15 is 0 Å². The molecule has 0 aromatic rings. The van der Waals surface area contributed by atoms with Crippen molar-refractivity contribution >= 4 is 0 Å². The number of unbranched alkanes of at least 4 members (excludes halogenated alkanes) is 10. The van der Waals surface area contributed by atoms with Crippen LogP contribution in [0.3, 0.4) is 0 Å². The minimum atomic E-state index is 0.595. The summed E-state index contributed by atoms with van der Waals surface area (Å²) in [7, 11) is 0. The quantitative estimate of drug-likeness (QED) is 0.209. The van der Waals surface area contributed by atoms with Crippen molar-refractivity contribution in [2.75, 3.05) is 13.2 Å². The van der Waals surface area contributed by atoms with Crippen molar-refractivity contribution in [2.24, 2.45) is 0 Å². The van der Waals surface area contributed by atoms with Crippen LogP contribution in [0.25, 0.3) is 0 Å². The average Bonchev–Trinajstić information content (AvgIpc) is 2.43. The summed E-state index contributed by atoms with van der Waals surface area (Å²) in [4.78, 5) is 9.66. The first kappa shape index (κ1) is 18.9. The predicted octanol–water partition coefficient (Wildman–Crippen LogP) is 5.59. The minimum Gasteiger partial charge on any atom is -0.206 e. The lowest BCUT2D eigenvalue weighted by molar-refractivity contribution is -0.512. The van der Waals surface area contributed by atoms with Gasteiger partial charge in [0.05, 0.1) is 13.2 Å². The van der Waals surface area contributed by atoms with Crippen LogP contribution in [0.1, 0.15) is 90.9 Å². The standard InChI is InChI=1S/C16H34O3/c1-3-5-6-7-8-9-10-11-12-13-14-16-18-19-17-15-4-2/h3-16H2,1-2H3. The second-order valence-electron chi connectivity index (χ2n) is 5.25. The summed E-state index contributed by atoms with van der Waals surface area (Å²) in [6.45, 7) is 5.54. The molecule has 0 bridgehead atoms. The van der Waals surface area contributed by atoms with Crippen LogP contribution in [0.15, 0.2) is 0 Å². The van der Waals surface area contributed by atoms with Crippen molar-refractivity contribution < 1.29 is 14.8 Å². The molecule has 0 aliphatic heterocycles. The summed E-state index contributed by atoms with van der Waals surface area (Å²) in [5.74, 6) is 0. The molecule has 0 aliphatic rings. The van der Waals surface area contributed by atoms with Crippen LogP contribution in [0, 0.1) is 0 Å². The highest BCUT2D eigenvalue weighted by molar-refractivity contribution is 4.47. The van der Waals surface area contributed by atoms with Crippen LogP contribution in [-0.4, -0.2) is 13.2 Å². The minimum absolute atomic E-state index is 0.595. The molecule has 0 fully saturated rings. The monoisotopic (exact) mass is 274 g/mol. The van der Waals surface area contributed by atoms with Gasteiger partial charge in [-0.05, 0) is 12.8 Å². The molecule has 0 aromatic carbocycles. The molecule has 0 radical (unpaired) electrons. The molecule has 0 atom stereocenters. The third-order valence-corrected chi connectivity index (χ3v) is 3.21. The molecule has 116 valence electrons. The van der Waals surface area contributed by atoms with Gasteiger partial charge in [0.25, 0.3) is 0 Å². The molecule has 0 spiro atoms. The Labute approximate surface area is 119 Å². The third kappa shape index (κ3) is 17.9. The Morgan fingerprint density at radius 1 is 0.474 bits per heavy atom. The van der Waals surface area contributed by atoms with E-state index in [-0.39, 0.29) is 0 Å². The molecule has 0 aromatic heterocycles. The van der Waals surface area contributed by atoms with Crippen LogP contribution < -0.4 is 0 Å². The molecule has 0 saturated heterocycles. The highest BCUT2D eigenvalue weighted by atomic mass is 17.5. The Morgan fingerprint density at radius 2 is 0.947 bits per heavy atom. The summed E-state index contributed by atoms with van der Waals surface area (Å²) >= 11 is 0. The van der Waals surface area contributed by atoms with Gasteiger partial charge in [-0.25, -0.2) is 9.78 Å². The van der Waals surface area contributed by atoms with Crippen molar-refractivity contribution in [1.82, 2.24) is 0 Å². The fourth-order valence-corrected chi connectivity index (χ4v) is 2.01. The zero-order chi connectivity index (χ0) is 14.0. The average molecular weight is 274 g/mol. The third-order valence-electron chi connectivity index (χ3n) is 3.21. The van der Waals surface area contributed by atoms with Crippen LogP contribution in [-0.2, 0) is 14.8 Å². The van der Waals surface area contributed by atoms with E-state index in [0.29, 0.717) is 13.2 Å². The van der Waals surface area contributed by atoms with Gasteiger partial charge in [0.2, 0.25) is 0 Å². The first-order valence-electron chi connectivity index (χ1n) is 8.32. The molecule has 0 heterocycles. The van der Waals surface area contributed by atoms with Crippen LogP contribution in [0.2, 0.25) is 0 Å². The Bertz CT molecular complexity index is 135. The van der Waals surface area contributed by atoms with Gasteiger partial charge in [-0.1, -0.05) is 83.1 Å². The number of rotatable bonds is 16. The Balaban J connectivity index is 2.88. The van der Waals surface area contributed by atoms with Gasteiger partial charge in [-0.15, -0.1) is 0 Å². The summed E-state index contributed by atoms with van der Waals surface area (Å²) in [5, 5.41) is 4.57. The van der Waals surface area contributed by atoms with Crippen molar-refractivity contribution in [1.29, 1.82) is 0 Å². The zero-order valence-corrected chi connectivity index (χ0v) is 13.1. The lowest BCUT2D eigenvalue weighted by atomic mass is 10.1. The fraction of sp³-hybridized carbons (Fsp3) is 1.00. The second-order valence-corrected chi connectivity index (χ2v) is 5.25. The molecular weight excluding hydrogens is 240 g/mol. The van der Waals surface area contributed by atoms with E-state index in [1.807, 2.05) is 6.92 Å². The molecule has 0 N–H and O–H groups in total. The van der Waals surface area contributed by atoms with Gasteiger partial charge in [0.1, 0.15) is 0 Å². The van der Waals surface area contributed by atoms with Crippen LogP contribution >= 0.6 is 0 Å². The fourth-order valence-electron chi connectivity index (χ4n) is 2.01. The van der Waals surface area contributed by atoms with E-state index in [1.54, 1.807) is 0 Å². The van der Waals surface area contributed by atoms with Gasteiger partial charge in [-0.3, -0.25) is 0 Å². The van der Waals surface area contributed by atoms with Crippen molar-refractivity contribution in [3.05, 3.63) is 0 Å². The number of hydrogen-bond donors (Lipinski definition) is 0. The molecule has 0 amide bonds. The molecule has 0 saturated carbocycles. The smallest absolute Gasteiger partial charge is 0.0853 e. The highest BCUT2D eigenvalue weighted by Gasteiger charge is 1.94. The maximum Gasteiger partial charge on any atom is 0.0853 e. The van der Waals surface area contributed by atoms with Gasteiger partial charge >= 0.3 is 0 Å². The van der Waals surface area contributed by atoms with Gasteiger partial charge < -0.3 is 0 Å². The molecule has 19 heavy (non-hydrogen) atoms. The Hall–Kier alpha value is -0.120. The van der Waals surface area contributed by atoms with Crippen LogP contribution in [0.5, 0.6) is 0 Å². The molecule has 0 aliphatic carbocycles. The lowest BCUT2D eigenvalue weighted by Crippen LogP contribution is -1.99. The summed E-state index contributed by atoms with van der Waals surface area (Å²) in [5.41, 5.74) is 0. The second kappa shape index (κ2) is 17.9. The highest BCUT2D eigenvalue weighted by Crippen LogP contribution is 2.11. The summed E-state index contributed by atoms with van der Waals surface area (Å²) in [6, 6.07) is 0. The van der Waals surface area contributed by atoms with Gasteiger partial charge in [-0.2, -0.15) is 0 Å². The molecule has 3 nitrogen and oxygen atoms in total. The molecule has 0 unspecified atom stereocenters. The lowest BCUT2D eigenvalue weighted by Gasteiger charge is -2.03. The Kier molecular flexibility index (Phi) is 17.8. The first-order chi connectivity index (χ1) is 9.41. The van der Waals surface area contributed by atoms with Crippen LogP contribution in [0.4, 0.5) is 0 Å². The van der Waals surface area contributed by atoms with Crippen molar-refractivity contribution in [3.8, 4) is 0 Å². The topological polar surface area (TPSA) is 27.7 Å². The van der Waals surface area contributed by atoms with Crippen molar-refractivity contribution in [3.63, 3.8) is 0 Å². The summed E-state index contributed by atoms with van der Waals surface area (Å²) < 4.78 is 0. The maximum absolute atomic E-state index is 4.90. The van der Waals surface area contributed by atoms with Crippen molar-refractivity contribution in [2.45, 2.75) is 90.9 Å². The first-order valence-corrected chi connectivity index (χ1v) is 8.32. The molecule has 3 heteroatoms. The SMILES string of the molecule is CCCCCCCCCCCCCOOOCCC. The van der Waals surface area contributed by atoms with E-state index in [4.69, 9.17) is 9.78 Å². The van der Waals surface area contributed by atoms with Gasteiger partial charge in [0, 0.05) is 0 Å². The van der Waals surface area contributed by atoms with E-state index in [2.05, 4.69) is 12.0 Å². The van der Waals surface area contributed by atoms with Gasteiger partial charge in [0.15, 0.2) is 0 Å².